The van der Waals surface area contributed by atoms with Gasteiger partial charge in [-0.2, -0.15) is 0 Å². The van der Waals surface area contributed by atoms with Gasteiger partial charge in [-0.15, -0.1) is 0 Å². The van der Waals surface area contributed by atoms with Crippen molar-refractivity contribution in [1.29, 1.82) is 0 Å². The lowest BCUT2D eigenvalue weighted by atomic mass is 9.85. The number of fused-ring (bicyclic) bond motifs is 2. The van der Waals surface area contributed by atoms with Crippen molar-refractivity contribution in [2.24, 2.45) is 5.92 Å². The van der Waals surface area contributed by atoms with E-state index in [0.717, 1.165) is 42.8 Å². The molecular formula is C14H17N5O. The van der Waals surface area contributed by atoms with E-state index in [4.69, 9.17) is 0 Å². The quantitative estimate of drug-likeness (QED) is 0.813. The smallest absolute Gasteiger partial charge is 0.220 e. The van der Waals surface area contributed by atoms with Gasteiger partial charge >= 0.3 is 0 Å². The molecule has 0 bridgehead atoms. The monoisotopic (exact) mass is 271 g/mol. The first-order valence-electron chi connectivity index (χ1n) is 7.13. The predicted octanol–water partition coefficient (Wildman–Crippen LogP) is 1.06. The molecule has 2 atom stereocenters. The van der Waals surface area contributed by atoms with Gasteiger partial charge in [0.15, 0.2) is 0 Å². The van der Waals surface area contributed by atoms with Crippen LogP contribution in [-0.2, 0) is 4.79 Å². The van der Waals surface area contributed by atoms with E-state index in [1.54, 1.807) is 6.33 Å². The van der Waals surface area contributed by atoms with Gasteiger partial charge in [-0.25, -0.2) is 9.97 Å². The molecule has 2 aliphatic rings. The molecule has 2 aromatic heterocycles. The molecule has 2 N–H and O–H groups in total. The van der Waals surface area contributed by atoms with Crippen molar-refractivity contribution < 1.29 is 4.79 Å². The van der Waals surface area contributed by atoms with E-state index in [9.17, 15) is 4.79 Å². The van der Waals surface area contributed by atoms with Crippen LogP contribution in [0.2, 0.25) is 0 Å². The maximum atomic E-state index is 11.5. The Balaban J connectivity index is 1.61. The average Bonchev–Trinajstić information content (AvgIpc) is 2.95. The molecule has 0 saturated carbocycles. The first-order chi connectivity index (χ1) is 9.81. The third-order valence-corrected chi connectivity index (χ3v) is 4.45. The number of aromatic amines is 1. The average molecular weight is 271 g/mol. The molecule has 4 rings (SSSR count). The zero-order valence-electron chi connectivity index (χ0n) is 11.2. The summed E-state index contributed by atoms with van der Waals surface area (Å²) in [4.78, 5) is 25.6. The van der Waals surface area contributed by atoms with E-state index < -0.39 is 0 Å². The SMILES string of the molecule is O=C1CCC2CN(c3ncnc4[nH]ccc34)CCC2N1. The van der Waals surface area contributed by atoms with Crippen molar-refractivity contribution in [3.05, 3.63) is 18.6 Å². The third-order valence-electron chi connectivity index (χ3n) is 4.45. The van der Waals surface area contributed by atoms with Crippen molar-refractivity contribution >= 4 is 22.8 Å². The molecule has 0 radical (unpaired) electrons. The third kappa shape index (κ3) is 1.83. The van der Waals surface area contributed by atoms with E-state index in [0.29, 0.717) is 18.4 Å². The second kappa shape index (κ2) is 4.47. The van der Waals surface area contributed by atoms with Gasteiger partial charge in [-0.05, 0) is 24.8 Å². The number of piperidine rings is 2. The maximum absolute atomic E-state index is 11.5. The fourth-order valence-electron chi connectivity index (χ4n) is 3.41. The summed E-state index contributed by atoms with van der Waals surface area (Å²) in [5.74, 6) is 1.74. The Morgan fingerprint density at radius 2 is 2.25 bits per heavy atom. The summed E-state index contributed by atoms with van der Waals surface area (Å²) in [6, 6.07) is 2.37. The second-order valence-electron chi connectivity index (χ2n) is 5.64. The predicted molar refractivity (Wildman–Crippen MR) is 75.4 cm³/mol. The fourth-order valence-corrected chi connectivity index (χ4v) is 3.41. The lowest BCUT2D eigenvalue weighted by Crippen LogP contribution is -2.54. The Morgan fingerprint density at radius 1 is 1.30 bits per heavy atom. The molecule has 20 heavy (non-hydrogen) atoms. The molecule has 2 fully saturated rings. The molecular weight excluding hydrogens is 254 g/mol. The zero-order valence-corrected chi connectivity index (χ0v) is 11.2. The molecule has 2 aliphatic heterocycles. The number of anilines is 1. The van der Waals surface area contributed by atoms with Crippen LogP contribution < -0.4 is 10.2 Å². The Bertz CT molecular complexity index is 652. The van der Waals surface area contributed by atoms with E-state index >= 15 is 0 Å². The van der Waals surface area contributed by atoms with Crippen LogP contribution in [0.3, 0.4) is 0 Å². The maximum Gasteiger partial charge on any atom is 0.220 e. The minimum Gasteiger partial charge on any atom is -0.356 e. The van der Waals surface area contributed by atoms with Crippen molar-refractivity contribution in [2.45, 2.75) is 25.3 Å². The summed E-state index contributed by atoms with van der Waals surface area (Å²) in [5.41, 5.74) is 0.883. The van der Waals surface area contributed by atoms with Gasteiger partial charge in [0.05, 0.1) is 5.39 Å². The number of aromatic nitrogens is 3. The summed E-state index contributed by atoms with van der Waals surface area (Å²) in [6.07, 6.45) is 6.14. The van der Waals surface area contributed by atoms with Crippen LogP contribution >= 0.6 is 0 Å². The van der Waals surface area contributed by atoms with Crippen molar-refractivity contribution in [2.75, 3.05) is 18.0 Å². The number of hydrogen-bond acceptors (Lipinski definition) is 4. The fraction of sp³-hybridized carbons (Fsp3) is 0.500. The molecule has 0 aliphatic carbocycles. The summed E-state index contributed by atoms with van der Waals surface area (Å²) in [7, 11) is 0. The van der Waals surface area contributed by atoms with Crippen molar-refractivity contribution in [3.63, 3.8) is 0 Å². The Kier molecular flexibility index (Phi) is 2.61. The number of hydrogen-bond donors (Lipinski definition) is 2. The van der Waals surface area contributed by atoms with E-state index in [1.165, 1.54) is 0 Å². The number of carbonyl (C=O) groups is 1. The topological polar surface area (TPSA) is 73.9 Å². The molecule has 1 amide bonds. The molecule has 104 valence electrons. The van der Waals surface area contributed by atoms with Crippen LogP contribution in [0.5, 0.6) is 0 Å². The molecule has 2 aromatic rings. The summed E-state index contributed by atoms with van der Waals surface area (Å²) >= 11 is 0. The van der Waals surface area contributed by atoms with Gasteiger partial charge in [0.25, 0.3) is 0 Å². The van der Waals surface area contributed by atoms with Crippen LogP contribution in [-0.4, -0.2) is 40.0 Å². The summed E-state index contributed by atoms with van der Waals surface area (Å²) in [6.45, 7) is 1.89. The van der Waals surface area contributed by atoms with Gasteiger partial charge in [0.2, 0.25) is 5.91 Å². The number of nitrogens with zero attached hydrogens (tertiary/aromatic N) is 3. The minimum atomic E-state index is 0.203. The first-order valence-corrected chi connectivity index (χ1v) is 7.13. The number of carbonyl (C=O) groups excluding carboxylic acids is 1. The second-order valence-corrected chi connectivity index (χ2v) is 5.64. The molecule has 4 heterocycles. The van der Waals surface area contributed by atoms with Crippen LogP contribution in [0, 0.1) is 5.92 Å². The Hall–Kier alpha value is -2.11. The van der Waals surface area contributed by atoms with Gasteiger partial charge in [-0.3, -0.25) is 4.79 Å². The number of rotatable bonds is 1. The van der Waals surface area contributed by atoms with Gasteiger partial charge in [-0.1, -0.05) is 0 Å². The summed E-state index contributed by atoms with van der Waals surface area (Å²) in [5, 5.41) is 4.19. The van der Waals surface area contributed by atoms with Gasteiger partial charge in [0.1, 0.15) is 17.8 Å². The molecule has 2 saturated heterocycles. The number of H-pyrrole nitrogens is 1. The normalized spacial score (nSPS) is 26.4. The first kappa shape index (κ1) is 11.7. The number of amides is 1. The van der Waals surface area contributed by atoms with Crippen LogP contribution in [0.1, 0.15) is 19.3 Å². The molecule has 0 aromatic carbocycles. The van der Waals surface area contributed by atoms with Crippen molar-refractivity contribution in [3.8, 4) is 0 Å². The standard InChI is InChI=1S/C14H17N5O/c20-12-2-1-9-7-19(6-4-11(9)18-12)14-10-3-5-15-13(10)16-8-17-14/h3,5,8-9,11H,1-2,4,6-7H2,(H,18,20)(H,15,16,17). The van der Waals surface area contributed by atoms with Crippen LogP contribution in [0.4, 0.5) is 5.82 Å². The molecule has 6 nitrogen and oxygen atoms in total. The Morgan fingerprint density at radius 3 is 3.20 bits per heavy atom. The highest BCUT2D eigenvalue weighted by atomic mass is 16.1. The van der Waals surface area contributed by atoms with Crippen LogP contribution in [0.25, 0.3) is 11.0 Å². The van der Waals surface area contributed by atoms with E-state index in [-0.39, 0.29) is 5.91 Å². The van der Waals surface area contributed by atoms with Gasteiger partial charge < -0.3 is 15.2 Å². The number of nitrogens with one attached hydrogen (secondary N) is 2. The van der Waals surface area contributed by atoms with E-state index in [2.05, 4.69) is 25.2 Å². The highest BCUT2D eigenvalue weighted by molar-refractivity contribution is 5.87. The molecule has 0 spiro atoms. The van der Waals surface area contributed by atoms with Gasteiger partial charge in [0, 0.05) is 31.7 Å². The highest BCUT2D eigenvalue weighted by Crippen LogP contribution is 2.30. The molecule has 6 heteroatoms. The molecule has 2 unspecified atom stereocenters. The van der Waals surface area contributed by atoms with Crippen molar-refractivity contribution in [1.82, 2.24) is 20.3 Å². The minimum absolute atomic E-state index is 0.203. The van der Waals surface area contributed by atoms with E-state index in [1.807, 2.05) is 12.3 Å². The highest BCUT2D eigenvalue weighted by Gasteiger charge is 2.34. The largest absolute Gasteiger partial charge is 0.356 e. The zero-order chi connectivity index (χ0) is 13.5. The summed E-state index contributed by atoms with van der Waals surface area (Å²) < 4.78 is 0. The Labute approximate surface area is 116 Å². The lowest BCUT2D eigenvalue weighted by molar-refractivity contribution is -0.124. The lowest BCUT2D eigenvalue weighted by Gasteiger charge is -2.42. The van der Waals surface area contributed by atoms with Crippen LogP contribution in [0.15, 0.2) is 18.6 Å².